The zero-order valence-electron chi connectivity index (χ0n) is 16.5. The van der Waals surface area contributed by atoms with E-state index in [1.807, 2.05) is 19.1 Å². The van der Waals surface area contributed by atoms with Crippen molar-refractivity contribution in [3.63, 3.8) is 0 Å². The van der Waals surface area contributed by atoms with Crippen molar-refractivity contribution in [2.24, 2.45) is 4.99 Å². The number of nitrogens with one attached hydrogen (secondary N) is 2. The third kappa shape index (κ3) is 7.10. The van der Waals surface area contributed by atoms with Gasteiger partial charge in [-0.2, -0.15) is 0 Å². The van der Waals surface area contributed by atoms with Crippen LogP contribution >= 0.6 is 24.0 Å². The van der Waals surface area contributed by atoms with E-state index < -0.39 is 4.92 Å². The molecule has 0 saturated carbocycles. The first-order valence-corrected chi connectivity index (χ1v) is 9.28. The molecule has 1 aromatic heterocycles. The number of hydrogen-bond donors (Lipinski definition) is 2. The highest BCUT2D eigenvalue weighted by Gasteiger charge is 2.13. The summed E-state index contributed by atoms with van der Waals surface area (Å²) in [5.74, 6) is 1.78. The van der Waals surface area contributed by atoms with E-state index in [9.17, 15) is 10.1 Å². The third-order valence-corrected chi connectivity index (χ3v) is 4.30. The Morgan fingerprint density at radius 2 is 2.00 bits per heavy atom. The van der Waals surface area contributed by atoms with Crippen LogP contribution in [-0.2, 0) is 13.1 Å². The molecule has 2 rings (SSSR count). The Balaban J connectivity index is 0.00000392. The van der Waals surface area contributed by atoms with Gasteiger partial charge in [-0.05, 0) is 25.3 Å². The second-order valence-corrected chi connectivity index (χ2v) is 6.21. The molecule has 0 radical (unpaired) electrons. The fourth-order valence-corrected chi connectivity index (χ4v) is 2.76. The minimum atomic E-state index is -0.405. The van der Waals surface area contributed by atoms with Crippen molar-refractivity contribution in [2.75, 3.05) is 6.54 Å². The number of nitro benzene ring substituents is 1. The molecule has 2 N–H and O–H groups in total. The summed E-state index contributed by atoms with van der Waals surface area (Å²) in [5.41, 5.74) is 1.82. The van der Waals surface area contributed by atoms with Gasteiger partial charge in [-0.3, -0.25) is 10.1 Å². The molecule has 1 heterocycles. The van der Waals surface area contributed by atoms with Crippen molar-refractivity contribution in [1.82, 2.24) is 15.8 Å². The molecule has 0 aliphatic heterocycles. The summed E-state index contributed by atoms with van der Waals surface area (Å²) in [5, 5.41) is 21.4. The largest absolute Gasteiger partial charge is 0.359 e. The average molecular weight is 501 g/mol. The van der Waals surface area contributed by atoms with E-state index >= 15 is 0 Å². The van der Waals surface area contributed by atoms with Gasteiger partial charge < -0.3 is 15.2 Å². The van der Waals surface area contributed by atoms with Gasteiger partial charge in [-0.1, -0.05) is 31.1 Å². The van der Waals surface area contributed by atoms with Crippen molar-refractivity contribution in [1.29, 1.82) is 0 Å². The molecule has 0 unspecified atom stereocenters. The molecule has 0 fully saturated rings. The van der Waals surface area contributed by atoms with Gasteiger partial charge in [0.1, 0.15) is 0 Å². The van der Waals surface area contributed by atoms with Crippen molar-refractivity contribution in [3.8, 4) is 0 Å². The number of hydrogen-bond acceptors (Lipinski definition) is 5. The van der Waals surface area contributed by atoms with Crippen LogP contribution in [0.2, 0.25) is 0 Å². The van der Waals surface area contributed by atoms with Crippen LogP contribution < -0.4 is 10.6 Å². The number of benzene rings is 1. The molecule has 0 aliphatic rings. The van der Waals surface area contributed by atoms with E-state index in [1.165, 1.54) is 12.1 Å². The predicted molar refractivity (Wildman–Crippen MR) is 120 cm³/mol. The highest BCUT2D eigenvalue weighted by Crippen LogP contribution is 2.22. The summed E-state index contributed by atoms with van der Waals surface area (Å²) >= 11 is 0. The van der Waals surface area contributed by atoms with Crippen LogP contribution in [-0.4, -0.2) is 22.6 Å². The molecule has 28 heavy (non-hydrogen) atoms. The van der Waals surface area contributed by atoms with E-state index in [0.717, 1.165) is 29.9 Å². The maximum Gasteiger partial charge on any atom is 0.269 e. The SMILES string of the molecule is CCNC(=NCc1cccc([N+](=O)[O-])c1)NCc1cc(C(CC)CC)no1.I. The number of halogens is 1. The average Bonchev–Trinajstić information content (AvgIpc) is 3.14. The maximum absolute atomic E-state index is 10.9. The monoisotopic (exact) mass is 501 g/mol. The molecule has 0 saturated heterocycles. The number of guanidine groups is 1. The molecule has 0 spiro atoms. The van der Waals surface area contributed by atoms with Crippen LogP contribution in [0.3, 0.4) is 0 Å². The smallest absolute Gasteiger partial charge is 0.269 e. The van der Waals surface area contributed by atoms with Gasteiger partial charge in [-0.25, -0.2) is 4.99 Å². The van der Waals surface area contributed by atoms with Gasteiger partial charge in [0.15, 0.2) is 11.7 Å². The zero-order chi connectivity index (χ0) is 19.6. The number of aliphatic imine (C=N–C) groups is 1. The van der Waals surface area contributed by atoms with E-state index in [2.05, 4.69) is 34.6 Å². The Labute approximate surface area is 182 Å². The minimum absolute atomic E-state index is 0. The summed E-state index contributed by atoms with van der Waals surface area (Å²) in [7, 11) is 0. The van der Waals surface area contributed by atoms with Gasteiger partial charge in [0, 0.05) is 30.7 Å². The lowest BCUT2D eigenvalue weighted by Crippen LogP contribution is -2.36. The molecular weight excluding hydrogens is 473 g/mol. The molecule has 154 valence electrons. The van der Waals surface area contributed by atoms with E-state index in [0.29, 0.717) is 31.5 Å². The lowest BCUT2D eigenvalue weighted by atomic mass is 9.99. The third-order valence-electron chi connectivity index (χ3n) is 4.30. The number of aromatic nitrogens is 1. The summed E-state index contributed by atoms with van der Waals surface area (Å²) in [6.07, 6.45) is 2.06. The first-order valence-electron chi connectivity index (χ1n) is 9.28. The van der Waals surface area contributed by atoms with E-state index in [1.54, 1.807) is 6.07 Å². The Morgan fingerprint density at radius 1 is 1.25 bits per heavy atom. The van der Waals surface area contributed by atoms with Gasteiger partial charge >= 0.3 is 0 Å². The predicted octanol–water partition coefficient (Wildman–Crippen LogP) is 4.36. The maximum atomic E-state index is 10.9. The molecule has 0 aliphatic carbocycles. The fraction of sp³-hybridized carbons (Fsp3) is 0.474. The van der Waals surface area contributed by atoms with Crippen molar-refractivity contribution in [3.05, 3.63) is 57.5 Å². The second kappa shape index (κ2) is 12.3. The van der Waals surface area contributed by atoms with Crippen LogP contribution in [0.1, 0.15) is 56.5 Å². The topological polar surface area (TPSA) is 106 Å². The van der Waals surface area contributed by atoms with Crippen molar-refractivity contribution >= 4 is 35.6 Å². The van der Waals surface area contributed by atoms with Crippen molar-refractivity contribution < 1.29 is 9.45 Å². The number of nitro groups is 1. The van der Waals surface area contributed by atoms with Crippen molar-refractivity contribution in [2.45, 2.75) is 52.6 Å². The molecular formula is C19H28IN5O3. The Bertz CT molecular complexity index is 774. The van der Waals surface area contributed by atoms with E-state index in [-0.39, 0.29) is 29.7 Å². The molecule has 2 aromatic rings. The lowest BCUT2D eigenvalue weighted by Gasteiger charge is -2.10. The quantitative estimate of drug-likeness (QED) is 0.174. The van der Waals surface area contributed by atoms with Gasteiger partial charge in [0.25, 0.3) is 5.69 Å². The minimum Gasteiger partial charge on any atom is -0.359 e. The Hall–Kier alpha value is -2.17. The zero-order valence-corrected chi connectivity index (χ0v) is 18.8. The lowest BCUT2D eigenvalue weighted by molar-refractivity contribution is -0.384. The summed E-state index contributed by atoms with van der Waals surface area (Å²) in [6, 6.07) is 8.47. The summed E-state index contributed by atoms with van der Waals surface area (Å²) in [4.78, 5) is 15.0. The standard InChI is InChI=1S/C19H27N5O3.HI/c1-4-15(5-2)18-11-17(27-23-18)13-22-19(20-6-3)21-12-14-8-7-9-16(10-14)24(25)26;/h7-11,15H,4-6,12-13H2,1-3H3,(H2,20,21,22);1H. The van der Waals surface area contributed by atoms with Crippen LogP contribution in [0.5, 0.6) is 0 Å². The van der Waals surface area contributed by atoms with Crippen LogP contribution in [0.4, 0.5) is 5.69 Å². The Morgan fingerprint density at radius 3 is 2.64 bits per heavy atom. The number of nitrogens with zero attached hydrogens (tertiary/aromatic N) is 3. The molecule has 0 atom stereocenters. The Kier molecular flexibility index (Phi) is 10.5. The van der Waals surface area contributed by atoms with Crippen LogP contribution in [0.15, 0.2) is 39.8 Å². The molecule has 0 bridgehead atoms. The summed E-state index contributed by atoms with van der Waals surface area (Å²) in [6.45, 7) is 7.77. The normalized spacial score (nSPS) is 11.2. The van der Waals surface area contributed by atoms with Crippen LogP contribution in [0.25, 0.3) is 0 Å². The molecule has 0 amide bonds. The molecule has 8 nitrogen and oxygen atoms in total. The van der Waals surface area contributed by atoms with Gasteiger partial charge in [0.2, 0.25) is 0 Å². The van der Waals surface area contributed by atoms with Gasteiger partial charge in [-0.15, -0.1) is 24.0 Å². The van der Waals surface area contributed by atoms with Gasteiger partial charge in [0.05, 0.1) is 23.7 Å². The second-order valence-electron chi connectivity index (χ2n) is 6.21. The van der Waals surface area contributed by atoms with E-state index in [4.69, 9.17) is 4.52 Å². The first kappa shape index (κ1) is 23.9. The molecule has 1 aromatic carbocycles. The highest BCUT2D eigenvalue weighted by atomic mass is 127. The summed E-state index contributed by atoms with van der Waals surface area (Å²) < 4.78 is 5.41. The first-order chi connectivity index (χ1) is 13.1. The number of non-ortho nitro benzene ring substituents is 1. The fourth-order valence-electron chi connectivity index (χ4n) is 2.76. The number of rotatable bonds is 9. The highest BCUT2D eigenvalue weighted by molar-refractivity contribution is 14.0. The molecule has 9 heteroatoms. The van der Waals surface area contributed by atoms with Crippen LogP contribution in [0, 0.1) is 10.1 Å².